The van der Waals surface area contributed by atoms with Crippen LogP contribution >= 0.6 is 0 Å². The zero-order valence-electron chi connectivity index (χ0n) is 14.2. The third-order valence-corrected chi connectivity index (χ3v) is 3.32. The van der Waals surface area contributed by atoms with E-state index in [2.05, 4.69) is 69.6 Å². The Balaban J connectivity index is 3.05. The highest BCUT2D eigenvalue weighted by atomic mass is 16.5. The van der Waals surface area contributed by atoms with Crippen LogP contribution in [0.5, 0.6) is 5.75 Å². The van der Waals surface area contributed by atoms with Crippen molar-refractivity contribution < 1.29 is 4.74 Å². The molecule has 0 heterocycles. The Labute approximate surface area is 130 Å². The van der Waals surface area contributed by atoms with E-state index in [0.717, 1.165) is 49.5 Å². The predicted octanol–water partition coefficient (Wildman–Crippen LogP) is 4.72. The lowest BCUT2D eigenvalue weighted by atomic mass is 10.1. The van der Waals surface area contributed by atoms with E-state index in [1.54, 1.807) is 0 Å². The first-order valence-electron chi connectivity index (χ1n) is 8.15. The molecule has 2 heteroatoms. The van der Waals surface area contributed by atoms with Gasteiger partial charge >= 0.3 is 0 Å². The number of hydrogen-bond donors (Lipinski definition) is 0. The first-order valence-corrected chi connectivity index (χ1v) is 8.15. The summed E-state index contributed by atoms with van der Waals surface area (Å²) in [5.41, 5.74) is 2.22. The molecule has 0 amide bonds. The van der Waals surface area contributed by atoms with Crippen molar-refractivity contribution in [2.75, 3.05) is 24.6 Å². The molecule has 0 aliphatic rings. The first kappa shape index (κ1) is 17.4. The molecule has 0 atom stereocenters. The molecular formula is C19H29NO. The molecule has 1 rings (SSSR count). The second-order valence-electron chi connectivity index (χ2n) is 5.48. The first-order chi connectivity index (χ1) is 10.1. The Kier molecular flexibility index (Phi) is 7.75. The van der Waals surface area contributed by atoms with E-state index in [4.69, 9.17) is 4.74 Å². The maximum absolute atomic E-state index is 5.95. The molecule has 0 aromatic heterocycles. The normalized spacial score (nSPS) is 10.2. The molecule has 0 saturated carbocycles. The van der Waals surface area contributed by atoms with Crippen molar-refractivity contribution in [1.82, 2.24) is 0 Å². The molecule has 0 fully saturated rings. The van der Waals surface area contributed by atoms with Gasteiger partial charge in [0.2, 0.25) is 0 Å². The van der Waals surface area contributed by atoms with E-state index in [1.165, 1.54) is 0 Å². The summed E-state index contributed by atoms with van der Waals surface area (Å²) >= 11 is 0. The SMILES string of the molecule is CCCCOc1ccc(C#CC(C)C)cc1N(CC)CC. The maximum Gasteiger partial charge on any atom is 0.142 e. The summed E-state index contributed by atoms with van der Waals surface area (Å²) in [6.45, 7) is 13.5. The average molecular weight is 287 g/mol. The van der Waals surface area contributed by atoms with Gasteiger partial charge in [0, 0.05) is 24.6 Å². The van der Waals surface area contributed by atoms with Crippen molar-refractivity contribution in [2.24, 2.45) is 5.92 Å². The standard InChI is InChI=1S/C19H29NO/c1-6-9-14-21-19-13-12-17(11-10-16(4)5)15-18(19)20(7-2)8-3/h12-13,15-16H,6-9,14H2,1-5H3. The Morgan fingerprint density at radius 1 is 1.14 bits per heavy atom. The molecule has 0 unspecified atom stereocenters. The fraction of sp³-hybridized carbons (Fsp3) is 0.579. The van der Waals surface area contributed by atoms with Crippen LogP contribution < -0.4 is 9.64 Å². The van der Waals surface area contributed by atoms with Gasteiger partial charge in [0.1, 0.15) is 5.75 Å². The summed E-state index contributed by atoms with van der Waals surface area (Å²) < 4.78 is 5.95. The summed E-state index contributed by atoms with van der Waals surface area (Å²) in [7, 11) is 0. The molecule has 0 N–H and O–H groups in total. The van der Waals surface area contributed by atoms with Crippen LogP contribution in [-0.4, -0.2) is 19.7 Å². The van der Waals surface area contributed by atoms with Gasteiger partial charge in [-0.1, -0.05) is 39.0 Å². The highest BCUT2D eigenvalue weighted by molar-refractivity contribution is 5.62. The lowest BCUT2D eigenvalue weighted by Gasteiger charge is -2.24. The summed E-state index contributed by atoms with van der Waals surface area (Å²) in [5, 5.41) is 0. The molecule has 1 aromatic rings. The molecule has 0 bridgehead atoms. The van der Waals surface area contributed by atoms with Crippen molar-refractivity contribution in [3.8, 4) is 17.6 Å². The maximum atomic E-state index is 5.95. The van der Waals surface area contributed by atoms with E-state index < -0.39 is 0 Å². The molecule has 1 aromatic carbocycles. The van der Waals surface area contributed by atoms with E-state index in [1.807, 2.05) is 0 Å². The van der Waals surface area contributed by atoms with Crippen molar-refractivity contribution in [3.05, 3.63) is 23.8 Å². The van der Waals surface area contributed by atoms with Crippen molar-refractivity contribution in [2.45, 2.75) is 47.5 Å². The summed E-state index contributed by atoms with van der Waals surface area (Å²) in [5.74, 6) is 7.84. The smallest absolute Gasteiger partial charge is 0.142 e. The average Bonchev–Trinajstić information content (AvgIpc) is 2.48. The lowest BCUT2D eigenvalue weighted by molar-refractivity contribution is 0.309. The molecule has 0 radical (unpaired) electrons. The highest BCUT2D eigenvalue weighted by Gasteiger charge is 2.10. The van der Waals surface area contributed by atoms with Crippen molar-refractivity contribution in [3.63, 3.8) is 0 Å². The number of unbranched alkanes of at least 4 members (excludes halogenated alkanes) is 1. The van der Waals surface area contributed by atoms with E-state index in [0.29, 0.717) is 5.92 Å². The largest absolute Gasteiger partial charge is 0.491 e. The topological polar surface area (TPSA) is 12.5 Å². The van der Waals surface area contributed by atoms with E-state index in [9.17, 15) is 0 Å². The van der Waals surface area contributed by atoms with Gasteiger partial charge in [0.05, 0.1) is 12.3 Å². The number of anilines is 1. The van der Waals surface area contributed by atoms with Crippen molar-refractivity contribution >= 4 is 5.69 Å². The monoisotopic (exact) mass is 287 g/mol. The molecule has 0 aliphatic carbocycles. The third kappa shape index (κ3) is 5.71. The van der Waals surface area contributed by atoms with Crippen LogP contribution in [0.15, 0.2) is 18.2 Å². The predicted molar refractivity (Wildman–Crippen MR) is 92.1 cm³/mol. The van der Waals surface area contributed by atoms with Crippen LogP contribution in [0.25, 0.3) is 0 Å². The molecule has 2 nitrogen and oxygen atoms in total. The zero-order chi connectivity index (χ0) is 15.7. The number of benzene rings is 1. The quantitative estimate of drug-likeness (QED) is 0.531. The minimum absolute atomic E-state index is 0.391. The highest BCUT2D eigenvalue weighted by Crippen LogP contribution is 2.29. The van der Waals surface area contributed by atoms with Gasteiger partial charge < -0.3 is 9.64 Å². The van der Waals surface area contributed by atoms with Gasteiger partial charge in [-0.2, -0.15) is 0 Å². The molecule has 116 valence electrons. The molecule has 0 aliphatic heterocycles. The fourth-order valence-electron chi connectivity index (χ4n) is 2.08. The fourth-order valence-corrected chi connectivity index (χ4v) is 2.08. The minimum Gasteiger partial charge on any atom is -0.491 e. The minimum atomic E-state index is 0.391. The van der Waals surface area contributed by atoms with Gasteiger partial charge in [-0.25, -0.2) is 0 Å². The number of rotatable bonds is 7. The van der Waals surface area contributed by atoms with Gasteiger partial charge in [0.15, 0.2) is 0 Å². The number of hydrogen-bond acceptors (Lipinski definition) is 2. The lowest BCUT2D eigenvalue weighted by Crippen LogP contribution is -2.22. The Morgan fingerprint density at radius 2 is 1.86 bits per heavy atom. The van der Waals surface area contributed by atoms with Gasteiger partial charge in [0.25, 0.3) is 0 Å². The summed E-state index contributed by atoms with van der Waals surface area (Å²) in [6, 6.07) is 6.28. The Bertz CT molecular complexity index is 478. The van der Waals surface area contributed by atoms with Gasteiger partial charge in [-0.3, -0.25) is 0 Å². The second-order valence-corrected chi connectivity index (χ2v) is 5.48. The third-order valence-electron chi connectivity index (χ3n) is 3.32. The summed E-state index contributed by atoms with van der Waals surface area (Å²) in [4.78, 5) is 2.32. The van der Waals surface area contributed by atoms with Crippen molar-refractivity contribution in [1.29, 1.82) is 0 Å². The molecular weight excluding hydrogens is 258 g/mol. The van der Waals surface area contributed by atoms with Crippen LogP contribution in [0.2, 0.25) is 0 Å². The number of nitrogens with zero attached hydrogens (tertiary/aromatic N) is 1. The van der Waals surface area contributed by atoms with E-state index in [-0.39, 0.29) is 0 Å². The number of ether oxygens (including phenoxy) is 1. The van der Waals surface area contributed by atoms with Gasteiger partial charge in [-0.05, 0) is 38.5 Å². The van der Waals surface area contributed by atoms with Crippen LogP contribution in [0.1, 0.15) is 53.0 Å². The molecule has 0 saturated heterocycles. The van der Waals surface area contributed by atoms with Crippen LogP contribution in [0.4, 0.5) is 5.69 Å². The zero-order valence-corrected chi connectivity index (χ0v) is 14.2. The summed E-state index contributed by atoms with van der Waals surface area (Å²) in [6.07, 6.45) is 2.24. The van der Waals surface area contributed by atoms with Crippen LogP contribution in [0, 0.1) is 17.8 Å². The van der Waals surface area contributed by atoms with Crippen LogP contribution in [0.3, 0.4) is 0 Å². The van der Waals surface area contributed by atoms with Crippen LogP contribution in [-0.2, 0) is 0 Å². The Hall–Kier alpha value is -1.62. The molecule has 21 heavy (non-hydrogen) atoms. The van der Waals surface area contributed by atoms with E-state index >= 15 is 0 Å². The molecule has 0 spiro atoms. The Morgan fingerprint density at radius 3 is 2.43 bits per heavy atom. The second kappa shape index (κ2) is 9.34. The van der Waals surface area contributed by atoms with Gasteiger partial charge in [-0.15, -0.1) is 0 Å².